The molecule has 0 aliphatic rings. The fourth-order valence-electron chi connectivity index (χ4n) is 1.48. The molecule has 0 amide bonds. The summed E-state index contributed by atoms with van der Waals surface area (Å²) in [6.45, 7) is 2.07. The summed E-state index contributed by atoms with van der Waals surface area (Å²) in [5, 5.41) is 6.89. The first-order valence-corrected chi connectivity index (χ1v) is 7.04. The summed E-state index contributed by atoms with van der Waals surface area (Å²) in [4.78, 5) is 1.24. The number of hydrogen-bond donors (Lipinski definition) is 1. The molecule has 1 aromatic heterocycles. The second kappa shape index (κ2) is 5.49. The predicted molar refractivity (Wildman–Crippen MR) is 77.8 cm³/mol. The predicted octanol–water partition coefficient (Wildman–Crippen LogP) is 5.88. The van der Waals surface area contributed by atoms with E-state index in [9.17, 15) is 0 Å². The molecule has 17 heavy (non-hydrogen) atoms. The second-order valence-electron chi connectivity index (χ2n) is 3.63. The molecule has 0 aliphatic heterocycles. The highest BCUT2D eigenvalue weighted by molar-refractivity contribution is 7.10. The smallest absolute Gasteiger partial charge is 0.0653 e. The third-order valence-corrected chi connectivity index (χ3v) is 4.44. The summed E-state index contributed by atoms with van der Waals surface area (Å²) < 4.78 is 0. The van der Waals surface area contributed by atoms with Crippen LogP contribution in [0, 0.1) is 0 Å². The molecule has 0 saturated carbocycles. The third-order valence-electron chi connectivity index (χ3n) is 2.35. The van der Waals surface area contributed by atoms with Gasteiger partial charge in [0.1, 0.15) is 0 Å². The molecule has 0 radical (unpaired) electrons. The Hall–Kier alpha value is -0.410. The quantitative estimate of drug-likeness (QED) is 0.698. The molecule has 2 rings (SSSR count). The largest absolute Gasteiger partial charge is 0.376 e. The van der Waals surface area contributed by atoms with E-state index in [0.29, 0.717) is 15.1 Å². The van der Waals surface area contributed by atoms with E-state index in [1.54, 1.807) is 23.5 Å². The molecule has 2 aromatic rings. The standard InChI is InChI=1S/C12H10Cl3NS/c1-7(12-3-2-4-17-12)16-11-6-9(14)8(13)5-10(11)15/h2-7,16H,1H3. The molecule has 90 valence electrons. The first-order valence-electron chi connectivity index (χ1n) is 5.02. The second-order valence-corrected chi connectivity index (χ2v) is 5.83. The van der Waals surface area contributed by atoms with Crippen molar-refractivity contribution < 1.29 is 0 Å². The van der Waals surface area contributed by atoms with Crippen LogP contribution in [0.15, 0.2) is 29.6 Å². The average Bonchev–Trinajstić information content (AvgIpc) is 2.79. The van der Waals surface area contributed by atoms with Crippen molar-refractivity contribution in [2.24, 2.45) is 0 Å². The van der Waals surface area contributed by atoms with Gasteiger partial charge in [0.25, 0.3) is 0 Å². The normalized spacial score (nSPS) is 12.5. The fraction of sp³-hybridized carbons (Fsp3) is 0.167. The van der Waals surface area contributed by atoms with Gasteiger partial charge in [-0.25, -0.2) is 0 Å². The summed E-state index contributed by atoms with van der Waals surface area (Å²) in [6.07, 6.45) is 0. The van der Waals surface area contributed by atoms with Crippen molar-refractivity contribution in [1.29, 1.82) is 0 Å². The average molecular weight is 307 g/mol. The van der Waals surface area contributed by atoms with Crippen LogP contribution in [0.5, 0.6) is 0 Å². The Morgan fingerprint density at radius 1 is 1.12 bits per heavy atom. The Bertz CT molecular complexity index is 511. The van der Waals surface area contributed by atoms with Gasteiger partial charge in [-0.2, -0.15) is 0 Å². The summed E-state index contributed by atoms with van der Waals surface area (Å²) in [7, 11) is 0. The van der Waals surface area contributed by atoms with E-state index in [-0.39, 0.29) is 6.04 Å². The third kappa shape index (κ3) is 3.08. The molecule has 0 spiro atoms. The molecule has 1 N–H and O–H groups in total. The van der Waals surface area contributed by atoms with Crippen LogP contribution in [0.2, 0.25) is 15.1 Å². The van der Waals surface area contributed by atoms with Crippen molar-refractivity contribution in [2.45, 2.75) is 13.0 Å². The number of anilines is 1. The topological polar surface area (TPSA) is 12.0 Å². The maximum absolute atomic E-state index is 6.10. The zero-order valence-electron chi connectivity index (χ0n) is 9.01. The Labute approximate surface area is 119 Å². The minimum atomic E-state index is 0.185. The number of nitrogens with one attached hydrogen (secondary N) is 1. The van der Waals surface area contributed by atoms with Crippen molar-refractivity contribution in [1.82, 2.24) is 0 Å². The zero-order valence-corrected chi connectivity index (χ0v) is 12.1. The maximum Gasteiger partial charge on any atom is 0.0653 e. The van der Waals surface area contributed by atoms with Crippen LogP contribution < -0.4 is 5.32 Å². The van der Waals surface area contributed by atoms with Crippen molar-refractivity contribution in [3.8, 4) is 0 Å². The number of benzene rings is 1. The van der Waals surface area contributed by atoms with Crippen molar-refractivity contribution in [2.75, 3.05) is 5.32 Å². The molecular formula is C12H10Cl3NS. The Morgan fingerprint density at radius 2 is 1.82 bits per heavy atom. The Kier molecular flexibility index (Phi) is 4.21. The number of rotatable bonds is 3. The molecule has 0 saturated heterocycles. The van der Waals surface area contributed by atoms with Crippen LogP contribution in [0.4, 0.5) is 5.69 Å². The SMILES string of the molecule is CC(Nc1cc(Cl)c(Cl)cc1Cl)c1cccs1. The molecule has 1 heterocycles. The molecule has 1 unspecified atom stereocenters. The molecule has 0 bridgehead atoms. The van der Waals surface area contributed by atoms with Crippen molar-refractivity contribution in [3.63, 3.8) is 0 Å². The first-order chi connectivity index (χ1) is 8.08. The Balaban J connectivity index is 2.22. The van der Waals surface area contributed by atoms with E-state index >= 15 is 0 Å². The van der Waals surface area contributed by atoms with E-state index in [1.807, 2.05) is 11.4 Å². The van der Waals surface area contributed by atoms with Gasteiger partial charge in [-0.05, 0) is 30.5 Å². The lowest BCUT2D eigenvalue weighted by atomic mass is 10.2. The molecule has 1 nitrogen and oxygen atoms in total. The van der Waals surface area contributed by atoms with Gasteiger partial charge < -0.3 is 5.32 Å². The van der Waals surface area contributed by atoms with E-state index < -0.39 is 0 Å². The highest BCUT2D eigenvalue weighted by atomic mass is 35.5. The van der Waals surface area contributed by atoms with Gasteiger partial charge in [0.05, 0.1) is 26.8 Å². The van der Waals surface area contributed by atoms with Gasteiger partial charge in [0.2, 0.25) is 0 Å². The lowest BCUT2D eigenvalue weighted by Crippen LogP contribution is -2.05. The van der Waals surface area contributed by atoms with Gasteiger partial charge in [0.15, 0.2) is 0 Å². The van der Waals surface area contributed by atoms with Crippen LogP contribution in [0.1, 0.15) is 17.8 Å². The fourth-order valence-corrected chi connectivity index (χ4v) is 2.81. The van der Waals surface area contributed by atoms with Crippen molar-refractivity contribution in [3.05, 3.63) is 49.6 Å². The minimum Gasteiger partial charge on any atom is -0.376 e. The highest BCUT2D eigenvalue weighted by Gasteiger charge is 2.10. The molecule has 1 atom stereocenters. The maximum atomic E-state index is 6.10. The number of halogens is 3. The van der Waals surface area contributed by atoms with Crippen LogP contribution in [-0.4, -0.2) is 0 Å². The summed E-state index contributed by atoms with van der Waals surface area (Å²) in [5.74, 6) is 0. The highest BCUT2D eigenvalue weighted by Crippen LogP contribution is 2.34. The summed E-state index contributed by atoms with van der Waals surface area (Å²) in [5.41, 5.74) is 0.793. The van der Waals surface area contributed by atoms with Gasteiger partial charge in [0, 0.05) is 4.88 Å². The van der Waals surface area contributed by atoms with Crippen LogP contribution >= 0.6 is 46.1 Å². The van der Waals surface area contributed by atoms with E-state index in [4.69, 9.17) is 34.8 Å². The van der Waals surface area contributed by atoms with E-state index in [0.717, 1.165) is 5.69 Å². The number of thiophene rings is 1. The molecule has 1 aromatic carbocycles. The van der Waals surface area contributed by atoms with Gasteiger partial charge >= 0.3 is 0 Å². The minimum absolute atomic E-state index is 0.185. The van der Waals surface area contributed by atoms with Crippen molar-refractivity contribution >= 4 is 51.8 Å². The van der Waals surface area contributed by atoms with Gasteiger partial charge in [-0.3, -0.25) is 0 Å². The van der Waals surface area contributed by atoms with E-state index in [1.165, 1.54) is 4.88 Å². The van der Waals surface area contributed by atoms with Crippen LogP contribution in [0.3, 0.4) is 0 Å². The van der Waals surface area contributed by atoms with Gasteiger partial charge in [-0.15, -0.1) is 11.3 Å². The monoisotopic (exact) mass is 305 g/mol. The Morgan fingerprint density at radius 3 is 2.47 bits per heavy atom. The summed E-state index contributed by atoms with van der Waals surface area (Å²) >= 11 is 19.6. The molecule has 0 aliphatic carbocycles. The molecule has 0 fully saturated rings. The first kappa shape index (κ1) is 13.0. The zero-order chi connectivity index (χ0) is 12.4. The molecular weight excluding hydrogens is 297 g/mol. The van der Waals surface area contributed by atoms with E-state index in [2.05, 4.69) is 18.3 Å². The number of hydrogen-bond acceptors (Lipinski definition) is 2. The molecule has 5 heteroatoms. The lowest BCUT2D eigenvalue weighted by molar-refractivity contribution is 0.908. The summed E-state index contributed by atoms with van der Waals surface area (Å²) in [6, 6.07) is 7.68. The van der Waals surface area contributed by atoms with Crippen LogP contribution in [0.25, 0.3) is 0 Å². The lowest BCUT2D eigenvalue weighted by Gasteiger charge is -2.15. The van der Waals surface area contributed by atoms with Crippen LogP contribution in [-0.2, 0) is 0 Å². The van der Waals surface area contributed by atoms with Gasteiger partial charge in [-0.1, -0.05) is 40.9 Å².